The van der Waals surface area contributed by atoms with Crippen LogP contribution in [0.3, 0.4) is 0 Å². The van der Waals surface area contributed by atoms with E-state index >= 15 is 0 Å². The summed E-state index contributed by atoms with van der Waals surface area (Å²) in [6.07, 6.45) is 5.99. The molecule has 3 aliphatic rings. The summed E-state index contributed by atoms with van der Waals surface area (Å²) in [4.78, 5) is 5.24. The van der Waals surface area contributed by atoms with Crippen molar-refractivity contribution in [2.45, 2.75) is 51.9 Å². The zero-order valence-corrected chi connectivity index (χ0v) is 14.4. The van der Waals surface area contributed by atoms with Crippen LogP contribution < -0.4 is 0 Å². The molecule has 2 fully saturated rings. The fraction of sp³-hybridized carbons (Fsp3) is 0.882. The molecule has 128 valence electrons. The summed E-state index contributed by atoms with van der Waals surface area (Å²) in [5, 5.41) is 8.38. The van der Waals surface area contributed by atoms with Crippen LogP contribution in [0.1, 0.15) is 44.8 Å². The summed E-state index contributed by atoms with van der Waals surface area (Å²) in [5.74, 6) is 0. The Morgan fingerprint density at radius 1 is 1.17 bits per heavy atom. The van der Waals surface area contributed by atoms with E-state index in [1.54, 1.807) is 0 Å². The molecule has 4 rings (SSSR count). The number of piperidine rings is 1. The summed E-state index contributed by atoms with van der Waals surface area (Å²) in [6.45, 7) is 12.6. The molecule has 0 bridgehead atoms. The lowest BCUT2D eigenvalue weighted by atomic mass is 9.90. The molecule has 0 saturated carbocycles. The third-order valence-corrected chi connectivity index (χ3v) is 5.51. The van der Waals surface area contributed by atoms with Gasteiger partial charge in [-0.1, -0.05) is 19.1 Å². The van der Waals surface area contributed by atoms with Gasteiger partial charge in [0, 0.05) is 26.2 Å². The third kappa shape index (κ3) is 3.30. The van der Waals surface area contributed by atoms with Crippen molar-refractivity contribution in [3.05, 3.63) is 11.9 Å². The number of hydrogen-bond acceptors (Lipinski definition) is 5. The van der Waals surface area contributed by atoms with Gasteiger partial charge in [-0.2, -0.15) is 0 Å². The maximum absolute atomic E-state index is 6.02. The Morgan fingerprint density at radius 3 is 2.78 bits per heavy atom. The molecule has 3 aliphatic heterocycles. The molecule has 0 unspecified atom stereocenters. The van der Waals surface area contributed by atoms with Crippen molar-refractivity contribution in [1.82, 2.24) is 24.8 Å². The van der Waals surface area contributed by atoms with Crippen molar-refractivity contribution < 1.29 is 4.74 Å². The molecule has 2 atom stereocenters. The van der Waals surface area contributed by atoms with Crippen LogP contribution in [0.2, 0.25) is 0 Å². The minimum Gasteiger partial charge on any atom is -0.370 e. The van der Waals surface area contributed by atoms with Gasteiger partial charge in [-0.05, 0) is 37.8 Å². The van der Waals surface area contributed by atoms with Crippen molar-refractivity contribution in [3.8, 4) is 0 Å². The van der Waals surface area contributed by atoms with Gasteiger partial charge in [0.1, 0.15) is 0 Å². The highest BCUT2D eigenvalue weighted by Gasteiger charge is 2.38. The summed E-state index contributed by atoms with van der Waals surface area (Å²) in [6, 6.07) is 0.331. The number of likely N-dealkylation sites (tertiary alicyclic amines) is 2. The summed E-state index contributed by atoms with van der Waals surface area (Å²) < 4.78 is 8.12. The van der Waals surface area contributed by atoms with Crippen LogP contribution >= 0.6 is 0 Å². The molecular weight excluding hydrogens is 290 g/mol. The first-order valence-electron chi connectivity index (χ1n) is 9.06. The van der Waals surface area contributed by atoms with E-state index in [2.05, 4.69) is 38.6 Å². The number of fused-ring (bicyclic) bond motifs is 3. The smallest absolute Gasteiger partial charge is 0.0929 e. The van der Waals surface area contributed by atoms with Gasteiger partial charge in [0.05, 0.1) is 30.6 Å². The maximum Gasteiger partial charge on any atom is 0.0929 e. The summed E-state index contributed by atoms with van der Waals surface area (Å²) in [7, 11) is 0. The lowest BCUT2D eigenvalue weighted by Crippen LogP contribution is -2.51. The van der Waals surface area contributed by atoms with E-state index in [4.69, 9.17) is 4.74 Å². The lowest BCUT2D eigenvalue weighted by molar-refractivity contribution is -0.0707. The van der Waals surface area contributed by atoms with Gasteiger partial charge in [0.15, 0.2) is 0 Å². The molecule has 0 amide bonds. The zero-order valence-electron chi connectivity index (χ0n) is 14.4. The minimum atomic E-state index is 0.308. The molecule has 0 aliphatic carbocycles. The summed E-state index contributed by atoms with van der Waals surface area (Å²) in [5.41, 5.74) is 1.45. The van der Waals surface area contributed by atoms with Crippen LogP contribution in [-0.4, -0.2) is 70.2 Å². The first kappa shape index (κ1) is 15.5. The third-order valence-electron chi connectivity index (χ3n) is 5.51. The number of hydrogen-bond donors (Lipinski definition) is 0. The Bertz CT molecular complexity index is 537. The Kier molecular flexibility index (Phi) is 4.15. The zero-order chi connectivity index (χ0) is 15.9. The van der Waals surface area contributed by atoms with Gasteiger partial charge in [0.25, 0.3) is 0 Å². The number of rotatable bonds is 4. The quantitative estimate of drug-likeness (QED) is 0.842. The number of nitrogens with zero attached hydrogens (tertiary/aromatic N) is 5. The molecular formula is C17H29N5O. The average Bonchev–Trinajstić information content (AvgIpc) is 3.17. The Morgan fingerprint density at radius 2 is 1.96 bits per heavy atom. The van der Waals surface area contributed by atoms with E-state index in [1.807, 2.05) is 6.20 Å². The number of aromatic nitrogens is 3. The molecule has 6 nitrogen and oxygen atoms in total. The van der Waals surface area contributed by atoms with E-state index in [9.17, 15) is 0 Å². The fourth-order valence-corrected chi connectivity index (χ4v) is 4.59. The van der Waals surface area contributed by atoms with E-state index in [1.165, 1.54) is 32.5 Å². The SMILES string of the molecule is CC(C)(CN1CCCC1)CN1CC[C@@H]2OCc3cnnn3[C@@H]2C1. The molecule has 1 aromatic rings. The Balaban J connectivity index is 1.39. The first-order valence-corrected chi connectivity index (χ1v) is 9.06. The predicted molar refractivity (Wildman–Crippen MR) is 88.1 cm³/mol. The van der Waals surface area contributed by atoms with Crippen molar-refractivity contribution in [1.29, 1.82) is 0 Å². The highest BCUT2D eigenvalue weighted by Crippen LogP contribution is 2.32. The van der Waals surface area contributed by atoms with Crippen molar-refractivity contribution >= 4 is 0 Å². The van der Waals surface area contributed by atoms with Crippen LogP contribution in [-0.2, 0) is 11.3 Å². The van der Waals surface area contributed by atoms with Crippen LogP contribution in [0.4, 0.5) is 0 Å². The van der Waals surface area contributed by atoms with Crippen LogP contribution in [0.5, 0.6) is 0 Å². The monoisotopic (exact) mass is 319 g/mol. The van der Waals surface area contributed by atoms with Crippen LogP contribution in [0, 0.1) is 5.41 Å². The van der Waals surface area contributed by atoms with Gasteiger partial charge in [-0.3, -0.25) is 0 Å². The second-order valence-electron chi connectivity index (χ2n) is 8.26. The van der Waals surface area contributed by atoms with Gasteiger partial charge in [0.2, 0.25) is 0 Å². The van der Waals surface area contributed by atoms with Crippen molar-refractivity contribution in [3.63, 3.8) is 0 Å². The fourth-order valence-electron chi connectivity index (χ4n) is 4.59. The average molecular weight is 319 g/mol. The molecule has 1 aromatic heterocycles. The van der Waals surface area contributed by atoms with Crippen molar-refractivity contribution in [2.24, 2.45) is 5.41 Å². The van der Waals surface area contributed by atoms with Crippen LogP contribution in [0.25, 0.3) is 0 Å². The van der Waals surface area contributed by atoms with E-state index in [0.29, 0.717) is 24.2 Å². The topological polar surface area (TPSA) is 46.4 Å². The lowest BCUT2D eigenvalue weighted by Gasteiger charge is -2.44. The molecule has 0 N–H and O–H groups in total. The second-order valence-corrected chi connectivity index (χ2v) is 8.26. The van der Waals surface area contributed by atoms with Gasteiger partial charge >= 0.3 is 0 Å². The standard InChI is InChI=1S/C17H29N5O/c1-17(2,12-20-6-3-4-7-20)13-21-8-5-16-15(10-21)22-14(11-23-16)9-18-19-22/h9,15-16H,3-8,10-13H2,1-2H3/t15-,16+/m1/s1. The number of ether oxygens (including phenoxy) is 1. The molecule has 23 heavy (non-hydrogen) atoms. The molecule has 0 spiro atoms. The van der Waals surface area contributed by atoms with E-state index < -0.39 is 0 Å². The highest BCUT2D eigenvalue weighted by atomic mass is 16.5. The van der Waals surface area contributed by atoms with Crippen molar-refractivity contribution in [2.75, 3.05) is 39.3 Å². The molecule has 4 heterocycles. The molecule has 6 heteroatoms. The molecule has 0 radical (unpaired) electrons. The Hall–Kier alpha value is -0.980. The molecule has 2 saturated heterocycles. The maximum atomic E-state index is 6.02. The molecule has 0 aromatic carbocycles. The van der Waals surface area contributed by atoms with Crippen LogP contribution in [0.15, 0.2) is 6.20 Å². The minimum absolute atomic E-state index is 0.308. The largest absolute Gasteiger partial charge is 0.370 e. The normalized spacial score (nSPS) is 29.5. The summed E-state index contributed by atoms with van der Waals surface area (Å²) >= 11 is 0. The van der Waals surface area contributed by atoms with Gasteiger partial charge < -0.3 is 14.5 Å². The first-order chi connectivity index (χ1) is 11.1. The van der Waals surface area contributed by atoms with Gasteiger partial charge in [-0.25, -0.2) is 4.68 Å². The predicted octanol–water partition coefficient (Wildman–Crippen LogP) is 1.55. The Labute approximate surface area is 138 Å². The second kappa shape index (κ2) is 6.15. The van der Waals surface area contributed by atoms with E-state index in [0.717, 1.165) is 31.7 Å². The van der Waals surface area contributed by atoms with E-state index in [-0.39, 0.29) is 0 Å². The highest BCUT2D eigenvalue weighted by molar-refractivity contribution is 5.01. The van der Waals surface area contributed by atoms with Gasteiger partial charge in [-0.15, -0.1) is 5.10 Å².